The van der Waals surface area contributed by atoms with Crippen molar-refractivity contribution in [2.75, 3.05) is 23.3 Å². The van der Waals surface area contributed by atoms with Gasteiger partial charge in [0.15, 0.2) is 0 Å². The smallest absolute Gasteiger partial charge is 0.259 e. The van der Waals surface area contributed by atoms with Crippen molar-refractivity contribution in [2.45, 2.75) is 57.0 Å². The second kappa shape index (κ2) is 8.79. The van der Waals surface area contributed by atoms with Gasteiger partial charge in [0, 0.05) is 70.4 Å². The van der Waals surface area contributed by atoms with Crippen LogP contribution in [0.2, 0.25) is 0 Å². The van der Waals surface area contributed by atoms with E-state index in [1.807, 2.05) is 43.7 Å². The number of alkyl halides is 2. The van der Waals surface area contributed by atoms with Crippen LogP contribution >= 0.6 is 11.3 Å². The predicted molar refractivity (Wildman–Crippen MR) is 145 cm³/mol. The number of pyridine rings is 1. The Kier molecular flexibility index (Phi) is 5.54. The van der Waals surface area contributed by atoms with E-state index >= 15 is 0 Å². The molecule has 0 radical (unpaired) electrons. The molecule has 2 N–H and O–H groups in total. The minimum Gasteiger partial charge on any atom is -0.390 e. The maximum Gasteiger partial charge on any atom is 0.259 e. The van der Waals surface area contributed by atoms with Crippen LogP contribution in [0, 0.1) is 12.3 Å². The number of amides is 1. The number of aliphatic hydroxyl groups is 1. The van der Waals surface area contributed by atoms with Crippen molar-refractivity contribution in [3.8, 4) is 10.4 Å². The van der Waals surface area contributed by atoms with Crippen LogP contribution in [0.5, 0.6) is 0 Å². The van der Waals surface area contributed by atoms with Crippen LogP contribution in [0.1, 0.15) is 59.1 Å². The molecule has 1 amide bonds. The molecule has 4 aromatic heterocycles. The number of thiophene rings is 1. The number of fused-ring (bicyclic) bond motifs is 1. The van der Waals surface area contributed by atoms with Gasteiger partial charge >= 0.3 is 0 Å². The minimum atomic E-state index is -2.49. The van der Waals surface area contributed by atoms with E-state index in [0.717, 1.165) is 45.4 Å². The monoisotopic (exact) mass is 550 g/mol. The van der Waals surface area contributed by atoms with Crippen LogP contribution in [-0.4, -0.2) is 55.7 Å². The van der Waals surface area contributed by atoms with Crippen LogP contribution in [0.3, 0.4) is 0 Å². The molecule has 0 bridgehead atoms. The van der Waals surface area contributed by atoms with E-state index in [0.29, 0.717) is 42.9 Å². The molecule has 1 saturated heterocycles. The number of rotatable bonds is 7. The van der Waals surface area contributed by atoms with Gasteiger partial charge in [-0.15, -0.1) is 11.3 Å². The summed E-state index contributed by atoms with van der Waals surface area (Å²) >= 11 is 1.59. The molecule has 1 spiro atoms. The van der Waals surface area contributed by atoms with Crippen LogP contribution in [0.25, 0.3) is 16.0 Å². The Hall–Kier alpha value is -3.44. The number of hydrogen-bond acceptors (Lipinski definition) is 7. The maximum atomic E-state index is 13.3. The van der Waals surface area contributed by atoms with Gasteiger partial charge in [-0.3, -0.25) is 4.79 Å². The number of carbonyl (C=O) groups excluding carboxylic acids is 1. The lowest BCUT2D eigenvalue weighted by atomic mass is 9.54. The Labute approximate surface area is 227 Å². The summed E-state index contributed by atoms with van der Waals surface area (Å²) in [6.45, 7) is 3.37. The molecule has 0 aromatic carbocycles. The van der Waals surface area contributed by atoms with E-state index in [-0.39, 0.29) is 11.3 Å². The fourth-order valence-electron chi connectivity index (χ4n) is 6.24. The van der Waals surface area contributed by atoms with E-state index in [1.54, 1.807) is 22.0 Å². The summed E-state index contributed by atoms with van der Waals surface area (Å²) in [5, 5.41) is 17.7. The molecule has 3 fully saturated rings. The van der Waals surface area contributed by atoms with Crippen molar-refractivity contribution >= 4 is 34.1 Å². The molecular weight excluding hydrogens is 522 g/mol. The molecule has 5 heterocycles. The van der Waals surface area contributed by atoms with E-state index in [4.69, 9.17) is 0 Å². The molecule has 39 heavy (non-hydrogen) atoms. The van der Waals surface area contributed by atoms with Gasteiger partial charge in [0.1, 0.15) is 5.82 Å². The lowest BCUT2D eigenvalue weighted by Crippen LogP contribution is -2.68. The Morgan fingerprint density at radius 1 is 1.21 bits per heavy atom. The van der Waals surface area contributed by atoms with E-state index in [2.05, 4.69) is 25.3 Å². The number of hydrogen-bond donors (Lipinski definition) is 2. The van der Waals surface area contributed by atoms with Gasteiger partial charge in [-0.25, -0.2) is 23.3 Å². The Bertz CT molecular complexity index is 1560. The molecule has 0 unspecified atom stereocenters. The van der Waals surface area contributed by atoms with Crippen molar-refractivity contribution < 1.29 is 18.7 Å². The van der Waals surface area contributed by atoms with Gasteiger partial charge in [-0.1, -0.05) is 0 Å². The summed E-state index contributed by atoms with van der Waals surface area (Å²) in [5.74, 6) is 1.16. The average molecular weight is 551 g/mol. The van der Waals surface area contributed by atoms with Gasteiger partial charge in [-0.2, -0.15) is 5.10 Å². The van der Waals surface area contributed by atoms with Gasteiger partial charge in [-0.05, 0) is 50.8 Å². The lowest BCUT2D eigenvalue weighted by molar-refractivity contribution is -0.161. The second-order valence-electron chi connectivity index (χ2n) is 11.4. The summed E-state index contributed by atoms with van der Waals surface area (Å²) in [5.41, 5.74) is 2.42. The fraction of sp³-hybridized carbons (Fsp3) is 0.429. The third-order valence-corrected chi connectivity index (χ3v) is 9.27. The van der Waals surface area contributed by atoms with Gasteiger partial charge in [0.2, 0.25) is 6.43 Å². The number of anilines is 2. The zero-order valence-corrected chi connectivity index (χ0v) is 22.2. The molecule has 4 aromatic rings. The number of nitrogens with one attached hydrogen (secondary N) is 1. The van der Waals surface area contributed by atoms with Crippen molar-refractivity contribution in [3.63, 3.8) is 0 Å². The Morgan fingerprint density at radius 3 is 2.64 bits per heavy atom. The fourth-order valence-corrected chi connectivity index (χ4v) is 7.19. The molecule has 3 aliphatic rings. The van der Waals surface area contributed by atoms with E-state index < -0.39 is 18.4 Å². The van der Waals surface area contributed by atoms with Gasteiger partial charge in [0.25, 0.3) is 5.91 Å². The SMILES string of the molecule is Cc1sc(-c2cnc(C3CC3)nc2)cc1NC(=O)c1cnn2ccc(N3CC4(C3)CC(O)(CC(F)F)C4)cc12. The normalized spacial score (nSPS) is 19.4. The average Bonchev–Trinajstić information content (AvgIpc) is 3.53. The first-order chi connectivity index (χ1) is 18.7. The van der Waals surface area contributed by atoms with E-state index in [9.17, 15) is 18.7 Å². The van der Waals surface area contributed by atoms with E-state index in [1.165, 1.54) is 0 Å². The number of halogens is 2. The summed E-state index contributed by atoms with van der Waals surface area (Å²) < 4.78 is 27.2. The number of nitrogens with zero attached hydrogens (tertiary/aromatic N) is 5. The topological polar surface area (TPSA) is 95.7 Å². The zero-order valence-electron chi connectivity index (χ0n) is 21.4. The molecule has 11 heteroatoms. The highest BCUT2D eigenvalue weighted by atomic mass is 32.1. The summed E-state index contributed by atoms with van der Waals surface area (Å²) in [4.78, 5) is 26.5. The molecule has 2 saturated carbocycles. The van der Waals surface area contributed by atoms with Crippen molar-refractivity contribution in [2.24, 2.45) is 5.41 Å². The van der Waals surface area contributed by atoms with Crippen molar-refractivity contribution in [1.29, 1.82) is 0 Å². The molecule has 202 valence electrons. The highest BCUT2D eigenvalue weighted by Crippen LogP contribution is 2.56. The highest BCUT2D eigenvalue weighted by Gasteiger charge is 2.60. The first kappa shape index (κ1) is 24.6. The quantitative estimate of drug-likeness (QED) is 0.325. The first-order valence-corrected chi connectivity index (χ1v) is 14.0. The molecular formula is C28H28F2N6O2S. The van der Waals surface area contributed by atoms with Crippen LogP contribution in [0.4, 0.5) is 20.2 Å². The molecule has 8 nitrogen and oxygen atoms in total. The Morgan fingerprint density at radius 2 is 1.95 bits per heavy atom. The molecule has 1 aliphatic heterocycles. The minimum absolute atomic E-state index is 0.104. The maximum absolute atomic E-state index is 13.3. The van der Waals surface area contributed by atoms with Crippen molar-refractivity contribution in [3.05, 3.63) is 59.3 Å². The number of carbonyl (C=O) groups is 1. The van der Waals surface area contributed by atoms with Gasteiger partial charge in [0.05, 0.1) is 28.6 Å². The summed E-state index contributed by atoms with van der Waals surface area (Å²) in [6.07, 6.45) is 7.27. The molecule has 0 atom stereocenters. The third-order valence-electron chi connectivity index (χ3n) is 8.17. The summed E-state index contributed by atoms with van der Waals surface area (Å²) in [7, 11) is 0. The van der Waals surface area contributed by atoms with Crippen molar-refractivity contribution in [1.82, 2.24) is 19.6 Å². The van der Waals surface area contributed by atoms with Crippen LogP contribution < -0.4 is 10.2 Å². The zero-order chi connectivity index (χ0) is 26.9. The highest BCUT2D eigenvalue weighted by molar-refractivity contribution is 7.16. The number of aromatic nitrogens is 4. The lowest BCUT2D eigenvalue weighted by Gasteiger charge is -2.63. The molecule has 7 rings (SSSR count). The van der Waals surface area contributed by atoms with Crippen LogP contribution in [0.15, 0.2) is 43.0 Å². The third kappa shape index (κ3) is 4.47. The first-order valence-electron chi connectivity index (χ1n) is 13.2. The Balaban J connectivity index is 1.05. The number of aryl methyl sites for hydroxylation is 1. The van der Waals surface area contributed by atoms with Gasteiger partial charge < -0.3 is 15.3 Å². The van der Waals surface area contributed by atoms with Crippen LogP contribution in [-0.2, 0) is 0 Å². The standard InChI is InChI=1S/C28H28F2N6O2S/c1-16-21(7-23(39-16)18-9-31-25(32-10-18)17-2-3-17)34-26(37)20-11-33-36-5-4-19(6-22(20)36)35-14-27(15-35)12-28(38,13-27)8-24(29)30/h4-7,9-11,17,24,38H,2-3,8,12-15H2,1H3,(H,34,37). The predicted octanol–water partition coefficient (Wildman–Crippen LogP) is 5.28. The molecule has 2 aliphatic carbocycles. The second-order valence-corrected chi connectivity index (χ2v) is 12.7. The summed E-state index contributed by atoms with van der Waals surface area (Å²) in [6, 6.07) is 5.83. The largest absolute Gasteiger partial charge is 0.390 e.